The zero-order valence-electron chi connectivity index (χ0n) is 17.4. The van der Waals surface area contributed by atoms with Gasteiger partial charge in [-0.1, -0.05) is 0 Å². The molecule has 0 aromatic carbocycles. The molecule has 0 saturated heterocycles. The highest BCUT2D eigenvalue weighted by atomic mass is 19.3. The van der Waals surface area contributed by atoms with Gasteiger partial charge in [-0.3, -0.25) is 4.98 Å². The van der Waals surface area contributed by atoms with Crippen LogP contribution in [0.25, 0.3) is 16.9 Å². The van der Waals surface area contributed by atoms with Crippen molar-refractivity contribution in [3.8, 4) is 28.9 Å². The molecule has 4 aromatic rings. The van der Waals surface area contributed by atoms with Crippen molar-refractivity contribution in [1.29, 1.82) is 0 Å². The average molecular weight is 458 g/mol. The number of halogens is 3. The van der Waals surface area contributed by atoms with Gasteiger partial charge in [0, 0.05) is 23.4 Å². The maximum Gasteiger partial charge on any atom is 0.387 e. The molecule has 4 aromatic heterocycles. The van der Waals surface area contributed by atoms with Gasteiger partial charge in [0.15, 0.2) is 5.65 Å². The van der Waals surface area contributed by atoms with Crippen LogP contribution in [-0.4, -0.2) is 50.4 Å². The van der Waals surface area contributed by atoms with Crippen molar-refractivity contribution in [2.75, 3.05) is 14.2 Å². The number of fused-ring (bicyclic) bond motifs is 1. The van der Waals surface area contributed by atoms with Gasteiger partial charge in [0.25, 0.3) is 0 Å². The van der Waals surface area contributed by atoms with Crippen molar-refractivity contribution in [3.63, 3.8) is 0 Å². The number of alkyl halides is 2. The lowest BCUT2D eigenvalue weighted by atomic mass is 10.1. The van der Waals surface area contributed by atoms with Crippen LogP contribution in [-0.2, 0) is 0 Å². The first-order valence-corrected chi connectivity index (χ1v) is 9.88. The molecular formula is C21H17F3N6O3. The molecule has 5 rings (SSSR count). The predicted molar refractivity (Wildman–Crippen MR) is 108 cm³/mol. The van der Waals surface area contributed by atoms with Crippen LogP contribution >= 0.6 is 0 Å². The third-order valence-electron chi connectivity index (χ3n) is 5.39. The van der Waals surface area contributed by atoms with Crippen molar-refractivity contribution in [3.05, 3.63) is 54.0 Å². The fourth-order valence-corrected chi connectivity index (χ4v) is 3.80. The zero-order chi connectivity index (χ0) is 23.1. The van der Waals surface area contributed by atoms with Crippen molar-refractivity contribution in [1.82, 2.24) is 29.5 Å². The van der Waals surface area contributed by atoms with Gasteiger partial charge in [-0.15, -0.1) is 0 Å². The van der Waals surface area contributed by atoms with Crippen LogP contribution in [0, 0.1) is 5.95 Å². The van der Waals surface area contributed by atoms with Crippen molar-refractivity contribution < 1.29 is 27.4 Å². The quantitative estimate of drug-likeness (QED) is 0.415. The van der Waals surface area contributed by atoms with Gasteiger partial charge >= 0.3 is 12.6 Å². The summed E-state index contributed by atoms with van der Waals surface area (Å²) in [6.07, 6.45) is 4.58. The second-order valence-electron chi connectivity index (χ2n) is 7.33. The Morgan fingerprint density at radius 3 is 2.58 bits per heavy atom. The Kier molecular flexibility index (Phi) is 5.19. The Hall–Kier alpha value is -3.96. The number of hydrogen-bond donors (Lipinski definition) is 0. The van der Waals surface area contributed by atoms with Crippen molar-refractivity contribution >= 4 is 5.65 Å². The Bertz CT molecular complexity index is 1310. The Balaban J connectivity index is 1.52. The minimum absolute atomic E-state index is 0.0124. The summed E-state index contributed by atoms with van der Waals surface area (Å²) in [5.41, 5.74) is 2.72. The number of ether oxygens (including phenoxy) is 3. The second kappa shape index (κ2) is 8.19. The van der Waals surface area contributed by atoms with Gasteiger partial charge in [-0.25, -0.2) is 9.97 Å². The summed E-state index contributed by atoms with van der Waals surface area (Å²) in [5.74, 6) is -0.412. The lowest BCUT2D eigenvalue weighted by molar-refractivity contribution is -0.0500. The number of aromatic nitrogens is 6. The molecule has 12 heteroatoms. The van der Waals surface area contributed by atoms with Crippen LogP contribution < -0.4 is 14.2 Å². The monoisotopic (exact) mass is 458 g/mol. The van der Waals surface area contributed by atoms with Crippen LogP contribution in [0.15, 0.2) is 36.8 Å². The minimum Gasteiger partial charge on any atom is -0.480 e. The Morgan fingerprint density at radius 2 is 1.88 bits per heavy atom. The van der Waals surface area contributed by atoms with Gasteiger partial charge in [0.05, 0.1) is 37.9 Å². The molecule has 0 bridgehead atoms. The summed E-state index contributed by atoms with van der Waals surface area (Å²) >= 11 is 0. The summed E-state index contributed by atoms with van der Waals surface area (Å²) in [5, 5.41) is 4.35. The van der Waals surface area contributed by atoms with Crippen LogP contribution in [0.3, 0.4) is 0 Å². The van der Waals surface area contributed by atoms with E-state index >= 15 is 0 Å². The molecule has 0 N–H and O–H groups in total. The second-order valence-corrected chi connectivity index (χ2v) is 7.33. The number of hydrogen-bond acceptors (Lipinski definition) is 8. The summed E-state index contributed by atoms with van der Waals surface area (Å²) < 4.78 is 55.1. The van der Waals surface area contributed by atoms with Gasteiger partial charge < -0.3 is 14.2 Å². The summed E-state index contributed by atoms with van der Waals surface area (Å²) in [6.45, 7) is -2.91. The molecule has 1 fully saturated rings. The normalized spacial score (nSPS) is 17.4. The Morgan fingerprint density at radius 1 is 1.03 bits per heavy atom. The smallest absolute Gasteiger partial charge is 0.387 e. The third kappa shape index (κ3) is 3.88. The average Bonchev–Trinajstić information content (AvgIpc) is 3.54. The molecule has 0 radical (unpaired) electrons. The van der Waals surface area contributed by atoms with Gasteiger partial charge in [0.2, 0.25) is 11.8 Å². The molecule has 0 unspecified atom stereocenters. The molecule has 9 nitrogen and oxygen atoms in total. The maximum absolute atomic E-state index is 14.4. The highest BCUT2D eigenvalue weighted by Crippen LogP contribution is 2.55. The molecule has 33 heavy (non-hydrogen) atoms. The fourth-order valence-electron chi connectivity index (χ4n) is 3.80. The van der Waals surface area contributed by atoms with E-state index < -0.39 is 12.6 Å². The fraction of sp³-hybridized carbons (Fsp3) is 0.286. The number of imidazole rings is 1. The van der Waals surface area contributed by atoms with E-state index in [1.165, 1.54) is 32.7 Å². The Labute approximate surface area is 185 Å². The lowest BCUT2D eigenvalue weighted by Gasteiger charge is -2.11. The van der Waals surface area contributed by atoms with E-state index in [4.69, 9.17) is 9.47 Å². The molecule has 170 valence electrons. The SMILES string of the molecule is COc1ncc(-c2cc([C@H]3C[C@@H]3c3ccc(OC(F)F)cn3)c3ncc(F)n3n2)c(OC)n1. The van der Waals surface area contributed by atoms with Gasteiger partial charge in [-0.2, -0.15) is 27.8 Å². The first-order valence-electron chi connectivity index (χ1n) is 9.88. The van der Waals surface area contributed by atoms with E-state index in [9.17, 15) is 13.2 Å². The number of rotatable bonds is 7. The largest absolute Gasteiger partial charge is 0.480 e. The van der Waals surface area contributed by atoms with E-state index in [-0.39, 0.29) is 29.5 Å². The molecule has 1 saturated carbocycles. The molecule has 4 heterocycles. The lowest BCUT2D eigenvalue weighted by Crippen LogP contribution is -2.04. The molecule has 0 aliphatic heterocycles. The molecule has 0 amide bonds. The third-order valence-corrected chi connectivity index (χ3v) is 5.39. The van der Waals surface area contributed by atoms with Crippen molar-refractivity contribution in [2.45, 2.75) is 24.9 Å². The first-order chi connectivity index (χ1) is 16.0. The highest BCUT2D eigenvalue weighted by Gasteiger charge is 2.42. The van der Waals surface area contributed by atoms with Crippen LogP contribution in [0.5, 0.6) is 17.6 Å². The van der Waals surface area contributed by atoms with Gasteiger partial charge in [-0.05, 0) is 30.5 Å². The number of nitrogens with zero attached hydrogens (tertiary/aromatic N) is 6. The van der Waals surface area contributed by atoms with E-state index in [0.717, 1.165) is 28.4 Å². The van der Waals surface area contributed by atoms with Crippen LogP contribution in [0.1, 0.15) is 29.5 Å². The highest BCUT2D eigenvalue weighted by molar-refractivity contribution is 5.68. The number of pyridine rings is 1. The maximum atomic E-state index is 14.4. The molecule has 0 spiro atoms. The number of methoxy groups -OCH3 is 2. The molecule has 1 aliphatic carbocycles. The molecule has 1 aliphatic rings. The van der Waals surface area contributed by atoms with Crippen molar-refractivity contribution in [2.24, 2.45) is 0 Å². The molecular weight excluding hydrogens is 441 g/mol. The van der Waals surface area contributed by atoms with E-state index in [1.54, 1.807) is 12.1 Å². The topological polar surface area (TPSA) is 96.6 Å². The minimum atomic E-state index is -2.91. The van der Waals surface area contributed by atoms with Crippen LogP contribution in [0.2, 0.25) is 0 Å². The standard InChI is InChI=1S/C21H17F3N6O3/c1-31-19-14(8-27-21(28-19)32-2)16-6-13(18-26-9-17(22)30(18)29-16)11-5-12(11)15-4-3-10(7-25-15)33-20(23)24/h3-4,6-9,11-12,20H,5H2,1-2H3/t11-,12-/m0/s1. The summed E-state index contributed by atoms with van der Waals surface area (Å²) in [6, 6.07) is 5.02. The van der Waals surface area contributed by atoms with Gasteiger partial charge in [0.1, 0.15) is 5.75 Å². The predicted octanol–water partition coefficient (Wildman–Crippen LogP) is 3.61. The first kappa shape index (κ1) is 20.9. The summed E-state index contributed by atoms with van der Waals surface area (Å²) in [7, 11) is 2.89. The summed E-state index contributed by atoms with van der Waals surface area (Å²) in [4.78, 5) is 16.7. The van der Waals surface area contributed by atoms with Crippen LogP contribution in [0.4, 0.5) is 13.2 Å². The van der Waals surface area contributed by atoms with E-state index in [0.29, 0.717) is 16.9 Å². The zero-order valence-corrected chi connectivity index (χ0v) is 17.4. The van der Waals surface area contributed by atoms with E-state index in [2.05, 4.69) is 29.8 Å². The van der Waals surface area contributed by atoms with E-state index in [1.807, 2.05) is 0 Å². The molecule has 2 atom stereocenters.